The van der Waals surface area contributed by atoms with Crippen LogP contribution in [-0.4, -0.2) is 35.5 Å². The van der Waals surface area contributed by atoms with Gasteiger partial charge in [0.25, 0.3) is 5.78 Å². The lowest BCUT2D eigenvalue weighted by Gasteiger charge is -2.24. The topological polar surface area (TPSA) is 89.0 Å². The Bertz CT molecular complexity index is 1570. The van der Waals surface area contributed by atoms with Crippen LogP contribution in [-0.2, 0) is 16.0 Å². The van der Waals surface area contributed by atoms with Gasteiger partial charge < -0.3 is 14.6 Å². The van der Waals surface area contributed by atoms with Crippen LogP contribution in [0.4, 0.5) is 5.13 Å². The summed E-state index contributed by atoms with van der Waals surface area (Å²) in [7, 11) is 1.53. The number of fused-ring (bicyclic) bond motifs is 1. The maximum absolute atomic E-state index is 13.6. The number of aliphatic hydroxyl groups is 1. The van der Waals surface area contributed by atoms with Gasteiger partial charge in [0.05, 0.1) is 35.5 Å². The molecule has 8 heteroatoms. The molecular weight excluding hydrogens is 500 g/mol. The van der Waals surface area contributed by atoms with E-state index in [9.17, 15) is 14.7 Å². The highest BCUT2D eigenvalue weighted by Gasteiger charge is 2.48. The molecule has 1 aliphatic rings. The van der Waals surface area contributed by atoms with Gasteiger partial charge in [0.2, 0.25) is 0 Å². The van der Waals surface area contributed by atoms with Crippen molar-refractivity contribution < 1.29 is 24.2 Å². The van der Waals surface area contributed by atoms with Gasteiger partial charge in [0, 0.05) is 5.56 Å². The Morgan fingerprint density at radius 1 is 1.03 bits per heavy atom. The highest BCUT2D eigenvalue weighted by molar-refractivity contribution is 7.22. The zero-order valence-electron chi connectivity index (χ0n) is 21.6. The van der Waals surface area contributed by atoms with Crippen molar-refractivity contribution in [3.63, 3.8) is 0 Å². The normalized spacial score (nSPS) is 16.8. The molecule has 0 aliphatic carbocycles. The second kappa shape index (κ2) is 10.3. The zero-order valence-corrected chi connectivity index (χ0v) is 22.5. The van der Waals surface area contributed by atoms with Crippen molar-refractivity contribution in [3.05, 3.63) is 88.5 Å². The van der Waals surface area contributed by atoms with Crippen LogP contribution in [0.5, 0.6) is 11.5 Å². The largest absolute Gasteiger partial charge is 0.507 e. The smallest absolute Gasteiger partial charge is 0.301 e. The Labute approximate surface area is 225 Å². The number of methoxy groups -OCH3 is 1. The molecule has 1 saturated heterocycles. The zero-order chi connectivity index (χ0) is 27.0. The van der Waals surface area contributed by atoms with Gasteiger partial charge in [-0.05, 0) is 55.7 Å². The average molecular weight is 529 g/mol. The first-order valence-electron chi connectivity index (χ1n) is 12.4. The number of aromatic nitrogens is 1. The molecule has 0 unspecified atom stereocenters. The summed E-state index contributed by atoms with van der Waals surface area (Å²) in [6, 6.07) is 17.5. The molecule has 7 nitrogen and oxygen atoms in total. The van der Waals surface area contributed by atoms with Crippen LogP contribution < -0.4 is 14.4 Å². The summed E-state index contributed by atoms with van der Waals surface area (Å²) in [5.74, 6) is -0.748. The SMILES string of the molecule is CCOc1ccc([C@H]2C(=C(O)c3ccc(C)cc3)C(=O)C(=O)N2c2nc3ccc(CC)cc3s2)cc1OC. The van der Waals surface area contributed by atoms with E-state index in [1.54, 1.807) is 30.3 Å². The van der Waals surface area contributed by atoms with Crippen molar-refractivity contribution in [2.24, 2.45) is 0 Å². The number of rotatable bonds is 7. The number of carbonyl (C=O) groups excluding carboxylic acids is 2. The fourth-order valence-corrected chi connectivity index (χ4v) is 5.68. The highest BCUT2D eigenvalue weighted by Crippen LogP contribution is 2.46. The molecule has 2 heterocycles. The second-order valence-corrected chi connectivity index (χ2v) is 10.0. The van der Waals surface area contributed by atoms with Crippen LogP contribution >= 0.6 is 11.3 Å². The Morgan fingerprint density at radius 3 is 2.47 bits per heavy atom. The van der Waals surface area contributed by atoms with E-state index < -0.39 is 17.7 Å². The number of nitrogens with zero attached hydrogens (tertiary/aromatic N) is 2. The minimum absolute atomic E-state index is 0.00132. The fraction of sp³-hybridized carbons (Fsp3) is 0.233. The molecule has 194 valence electrons. The van der Waals surface area contributed by atoms with Crippen LogP contribution in [0.3, 0.4) is 0 Å². The van der Waals surface area contributed by atoms with Gasteiger partial charge in [-0.25, -0.2) is 4.98 Å². The minimum Gasteiger partial charge on any atom is -0.507 e. The maximum atomic E-state index is 13.6. The van der Waals surface area contributed by atoms with Gasteiger partial charge in [-0.2, -0.15) is 0 Å². The lowest BCUT2D eigenvalue weighted by Crippen LogP contribution is -2.29. The number of benzene rings is 3. The molecule has 38 heavy (non-hydrogen) atoms. The standard InChI is InChI=1S/C30H28N2O5S/c1-5-18-9-13-21-24(15-18)38-30(31-21)32-26(20-12-14-22(37-6-2)23(16-20)36-4)25(28(34)29(32)35)27(33)19-10-7-17(3)8-11-19/h7-16,26,33H,5-6H2,1-4H3/t26-/m0/s1. The number of carbonyl (C=O) groups is 2. The molecule has 1 N–H and O–H groups in total. The summed E-state index contributed by atoms with van der Waals surface area (Å²) in [6.45, 7) is 6.34. The van der Waals surface area contributed by atoms with Crippen molar-refractivity contribution in [2.45, 2.75) is 33.2 Å². The highest BCUT2D eigenvalue weighted by atomic mass is 32.1. The van der Waals surface area contributed by atoms with E-state index in [1.807, 2.05) is 44.2 Å². The van der Waals surface area contributed by atoms with Gasteiger partial charge in [-0.1, -0.05) is 60.2 Å². The van der Waals surface area contributed by atoms with Crippen molar-refractivity contribution in [1.29, 1.82) is 0 Å². The number of Topliss-reactive ketones (excluding diaryl/α,β-unsaturated/α-hetero) is 1. The Kier molecular flexibility index (Phi) is 6.91. The third kappa shape index (κ3) is 4.41. The Morgan fingerprint density at radius 2 is 1.79 bits per heavy atom. The molecule has 1 amide bonds. The summed E-state index contributed by atoms with van der Waals surface area (Å²) in [5.41, 5.74) is 3.95. The van der Waals surface area contributed by atoms with Crippen LogP contribution in [0.2, 0.25) is 0 Å². The summed E-state index contributed by atoms with van der Waals surface area (Å²) in [6.07, 6.45) is 0.871. The van der Waals surface area contributed by atoms with Crippen LogP contribution in [0.15, 0.2) is 66.2 Å². The summed E-state index contributed by atoms with van der Waals surface area (Å²) in [4.78, 5) is 33.2. The maximum Gasteiger partial charge on any atom is 0.301 e. The predicted octanol–water partition coefficient (Wildman–Crippen LogP) is 6.20. The van der Waals surface area contributed by atoms with E-state index in [-0.39, 0.29) is 11.3 Å². The predicted molar refractivity (Wildman–Crippen MR) is 149 cm³/mol. The van der Waals surface area contributed by atoms with E-state index in [0.29, 0.717) is 34.4 Å². The first kappa shape index (κ1) is 25.5. The molecule has 0 spiro atoms. The lowest BCUT2D eigenvalue weighted by molar-refractivity contribution is -0.132. The van der Waals surface area contributed by atoms with E-state index in [0.717, 1.165) is 27.8 Å². The van der Waals surface area contributed by atoms with Crippen molar-refractivity contribution in [3.8, 4) is 11.5 Å². The molecule has 1 aliphatic heterocycles. The van der Waals surface area contributed by atoms with Gasteiger partial charge in [-0.3, -0.25) is 14.5 Å². The van der Waals surface area contributed by atoms with Gasteiger partial charge >= 0.3 is 5.91 Å². The molecule has 3 aromatic carbocycles. The number of ketones is 1. The minimum atomic E-state index is -0.910. The number of hydrogen-bond donors (Lipinski definition) is 1. The summed E-state index contributed by atoms with van der Waals surface area (Å²) in [5, 5.41) is 11.8. The van der Waals surface area contributed by atoms with Crippen LogP contribution in [0.25, 0.3) is 16.0 Å². The van der Waals surface area contributed by atoms with Crippen LogP contribution in [0.1, 0.15) is 42.1 Å². The molecule has 0 bridgehead atoms. The number of ether oxygens (including phenoxy) is 2. The van der Waals surface area contributed by atoms with Crippen molar-refractivity contribution in [2.75, 3.05) is 18.6 Å². The number of thiazole rings is 1. The average Bonchev–Trinajstić information content (AvgIpc) is 3.46. The number of aryl methyl sites for hydroxylation is 2. The number of amides is 1. The van der Waals surface area contributed by atoms with Gasteiger partial charge in [0.1, 0.15) is 5.76 Å². The monoisotopic (exact) mass is 528 g/mol. The molecule has 1 aromatic heterocycles. The Balaban J connectivity index is 1.72. The molecule has 4 aromatic rings. The molecule has 1 fully saturated rings. The number of anilines is 1. The van der Waals surface area contributed by atoms with Gasteiger partial charge in [-0.15, -0.1) is 0 Å². The third-order valence-corrected chi connectivity index (χ3v) is 7.65. The van der Waals surface area contributed by atoms with Gasteiger partial charge in [0.15, 0.2) is 16.6 Å². The third-order valence-electron chi connectivity index (χ3n) is 6.63. The first-order valence-corrected chi connectivity index (χ1v) is 13.3. The summed E-state index contributed by atoms with van der Waals surface area (Å²) < 4.78 is 12.1. The lowest BCUT2D eigenvalue weighted by atomic mass is 9.95. The number of hydrogen-bond acceptors (Lipinski definition) is 7. The molecule has 0 saturated carbocycles. The summed E-state index contributed by atoms with van der Waals surface area (Å²) >= 11 is 1.34. The quantitative estimate of drug-likeness (QED) is 0.175. The number of aliphatic hydroxyl groups excluding tert-OH is 1. The first-order chi connectivity index (χ1) is 18.4. The second-order valence-electron chi connectivity index (χ2n) is 9.03. The van der Waals surface area contributed by atoms with E-state index in [4.69, 9.17) is 14.5 Å². The van der Waals surface area contributed by atoms with E-state index in [2.05, 4.69) is 6.92 Å². The van der Waals surface area contributed by atoms with Crippen LogP contribution in [0, 0.1) is 6.92 Å². The molecular formula is C30H28N2O5S. The Hall–Kier alpha value is -4.17. The molecule has 1 atom stereocenters. The van der Waals surface area contributed by atoms with Crippen molar-refractivity contribution >= 4 is 44.1 Å². The fourth-order valence-electron chi connectivity index (χ4n) is 4.62. The molecule has 0 radical (unpaired) electrons. The van der Waals surface area contributed by atoms with E-state index >= 15 is 0 Å². The molecule has 5 rings (SSSR count). The van der Waals surface area contributed by atoms with E-state index in [1.165, 1.54) is 23.3 Å². The van der Waals surface area contributed by atoms with Crippen molar-refractivity contribution in [1.82, 2.24) is 4.98 Å².